The lowest BCUT2D eigenvalue weighted by Gasteiger charge is -2.11. The lowest BCUT2D eigenvalue weighted by atomic mass is 10.0. The average molecular weight is 264 g/mol. The summed E-state index contributed by atoms with van der Waals surface area (Å²) in [6.45, 7) is 2.10. The van der Waals surface area contributed by atoms with Crippen molar-refractivity contribution < 1.29 is 19.4 Å². The number of carbonyl (C=O) groups is 2. The van der Waals surface area contributed by atoms with Gasteiger partial charge in [0.05, 0.1) is 5.92 Å². The van der Waals surface area contributed by atoms with Crippen LogP contribution in [0.3, 0.4) is 0 Å². The molecule has 0 aliphatic carbocycles. The fraction of sp³-hybridized carbons (Fsp3) is 0.467. The van der Waals surface area contributed by atoms with Crippen LogP contribution in [0, 0.1) is 5.92 Å². The van der Waals surface area contributed by atoms with E-state index in [1.807, 2.05) is 37.3 Å². The number of unbranched alkanes of at least 4 members (excludes halogenated alkanes) is 1. The molecule has 0 radical (unpaired) electrons. The Hall–Kier alpha value is -1.84. The minimum absolute atomic E-state index is 0.159. The zero-order valence-electron chi connectivity index (χ0n) is 11.2. The molecule has 0 saturated carbocycles. The van der Waals surface area contributed by atoms with E-state index < -0.39 is 5.97 Å². The van der Waals surface area contributed by atoms with Gasteiger partial charge in [0.25, 0.3) is 0 Å². The third-order valence-electron chi connectivity index (χ3n) is 2.90. The molecule has 0 fully saturated rings. The number of carbonyl (C=O) groups excluding carboxylic acids is 1. The van der Waals surface area contributed by atoms with Crippen LogP contribution in [0.5, 0.6) is 0 Å². The van der Waals surface area contributed by atoms with Crippen LogP contribution in [0.1, 0.15) is 38.2 Å². The van der Waals surface area contributed by atoms with Crippen molar-refractivity contribution in [2.75, 3.05) is 0 Å². The second-order valence-corrected chi connectivity index (χ2v) is 4.63. The second-order valence-electron chi connectivity index (χ2n) is 4.63. The summed E-state index contributed by atoms with van der Waals surface area (Å²) in [6.07, 6.45) is 2.16. The average Bonchev–Trinajstić information content (AvgIpc) is 2.41. The number of esters is 1. The molecule has 19 heavy (non-hydrogen) atoms. The topological polar surface area (TPSA) is 63.6 Å². The van der Waals surface area contributed by atoms with E-state index in [1.165, 1.54) is 0 Å². The molecule has 1 atom stereocenters. The fourth-order valence-corrected chi connectivity index (χ4v) is 1.72. The standard InChI is InChI=1S/C15H20O4/c1-12(7-5-6-10-14(16)17)15(18)19-11-13-8-3-2-4-9-13/h2-4,8-9,12H,5-7,10-11H2,1H3,(H,16,17). The molecule has 4 heteroatoms. The quantitative estimate of drug-likeness (QED) is 0.579. The maximum absolute atomic E-state index is 11.7. The largest absolute Gasteiger partial charge is 0.481 e. The highest BCUT2D eigenvalue weighted by Gasteiger charge is 2.14. The van der Waals surface area contributed by atoms with Crippen molar-refractivity contribution in [3.8, 4) is 0 Å². The Balaban J connectivity index is 2.20. The zero-order valence-corrected chi connectivity index (χ0v) is 11.2. The molecule has 0 saturated heterocycles. The summed E-state index contributed by atoms with van der Waals surface area (Å²) in [5, 5.41) is 8.51. The van der Waals surface area contributed by atoms with E-state index in [-0.39, 0.29) is 18.3 Å². The Bertz CT molecular complexity index is 400. The number of carboxylic acid groups (broad SMARTS) is 1. The van der Waals surface area contributed by atoms with Crippen molar-refractivity contribution in [2.45, 2.75) is 39.2 Å². The predicted molar refractivity (Wildman–Crippen MR) is 71.5 cm³/mol. The maximum Gasteiger partial charge on any atom is 0.308 e. The number of aliphatic carboxylic acids is 1. The van der Waals surface area contributed by atoms with Gasteiger partial charge >= 0.3 is 11.9 Å². The molecule has 104 valence electrons. The van der Waals surface area contributed by atoms with E-state index in [2.05, 4.69) is 0 Å². The minimum atomic E-state index is -0.792. The predicted octanol–water partition coefficient (Wildman–Crippen LogP) is 3.01. The molecule has 0 aromatic heterocycles. The smallest absolute Gasteiger partial charge is 0.308 e. The molecule has 1 unspecified atom stereocenters. The molecule has 0 heterocycles. The summed E-state index contributed by atoms with van der Waals surface area (Å²) < 4.78 is 5.21. The lowest BCUT2D eigenvalue weighted by molar-refractivity contribution is -0.149. The third-order valence-corrected chi connectivity index (χ3v) is 2.90. The van der Waals surface area contributed by atoms with E-state index in [4.69, 9.17) is 9.84 Å². The second kappa shape index (κ2) is 8.29. The summed E-state index contributed by atoms with van der Waals surface area (Å²) in [7, 11) is 0. The van der Waals surface area contributed by atoms with Gasteiger partial charge in [-0.05, 0) is 18.4 Å². The van der Waals surface area contributed by atoms with Gasteiger partial charge < -0.3 is 9.84 Å². The molecule has 0 spiro atoms. The summed E-state index contributed by atoms with van der Waals surface area (Å²) in [5.41, 5.74) is 0.967. The van der Waals surface area contributed by atoms with Crippen molar-refractivity contribution in [1.82, 2.24) is 0 Å². The van der Waals surface area contributed by atoms with E-state index in [0.717, 1.165) is 12.0 Å². The number of benzene rings is 1. The highest BCUT2D eigenvalue weighted by molar-refractivity contribution is 5.72. The minimum Gasteiger partial charge on any atom is -0.481 e. The number of carboxylic acids is 1. The van der Waals surface area contributed by atoms with Gasteiger partial charge in [0, 0.05) is 6.42 Å². The van der Waals surface area contributed by atoms with Gasteiger partial charge in [0.2, 0.25) is 0 Å². The van der Waals surface area contributed by atoms with Crippen LogP contribution in [-0.2, 0) is 20.9 Å². The molecule has 1 aromatic carbocycles. The number of ether oxygens (including phenoxy) is 1. The van der Waals surface area contributed by atoms with Crippen LogP contribution in [0.2, 0.25) is 0 Å². The number of rotatable bonds is 8. The first kappa shape index (κ1) is 15.2. The van der Waals surface area contributed by atoms with Gasteiger partial charge in [-0.15, -0.1) is 0 Å². The first-order chi connectivity index (χ1) is 9.09. The van der Waals surface area contributed by atoms with Crippen LogP contribution >= 0.6 is 0 Å². The first-order valence-electron chi connectivity index (χ1n) is 6.52. The van der Waals surface area contributed by atoms with Crippen LogP contribution in [0.15, 0.2) is 30.3 Å². The maximum atomic E-state index is 11.7. The molecule has 0 amide bonds. The van der Waals surface area contributed by atoms with Crippen LogP contribution in [0.4, 0.5) is 0 Å². The molecular weight excluding hydrogens is 244 g/mol. The van der Waals surface area contributed by atoms with Crippen molar-refractivity contribution in [1.29, 1.82) is 0 Å². The molecule has 0 aliphatic heterocycles. The Kier molecular flexibility index (Phi) is 6.64. The van der Waals surface area contributed by atoms with Gasteiger partial charge in [-0.2, -0.15) is 0 Å². The van der Waals surface area contributed by atoms with Crippen molar-refractivity contribution in [3.05, 3.63) is 35.9 Å². The fourth-order valence-electron chi connectivity index (χ4n) is 1.72. The van der Waals surface area contributed by atoms with Crippen LogP contribution in [-0.4, -0.2) is 17.0 Å². The monoisotopic (exact) mass is 264 g/mol. The summed E-state index contributed by atoms with van der Waals surface area (Å²) in [6, 6.07) is 9.53. The van der Waals surface area contributed by atoms with E-state index in [0.29, 0.717) is 19.4 Å². The van der Waals surface area contributed by atoms with Gasteiger partial charge in [-0.1, -0.05) is 43.7 Å². The number of hydrogen-bond donors (Lipinski definition) is 1. The Morgan fingerprint density at radius 3 is 2.53 bits per heavy atom. The van der Waals surface area contributed by atoms with E-state index in [9.17, 15) is 9.59 Å². The van der Waals surface area contributed by atoms with Crippen LogP contribution < -0.4 is 0 Å². The van der Waals surface area contributed by atoms with Crippen molar-refractivity contribution >= 4 is 11.9 Å². The van der Waals surface area contributed by atoms with Gasteiger partial charge in [-0.25, -0.2) is 0 Å². The molecule has 0 bridgehead atoms. The van der Waals surface area contributed by atoms with Crippen LogP contribution in [0.25, 0.3) is 0 Å². The van der Waals surface area contributed by atoms with Gasteiger partial charge in [-0.3, -0.25) is 9.59 Å². The summed E-state index contributed by atoms with van der Waals surface area (Å²) in [5.74, 6) is -1.20. The molecular formula is C15H20O4. The number of hydrogen-bond acceptors (Lipinski definition) is 3. The summed E-state index contributed by atoms with van der Waals surface area (Å²) >= 11 is 0. The van der Waals surface area contributed by atoms with Gasteiger partial charge in [0.15, 0.2) is 0 Å². The Labute approximate surface area is 113 Å². The third kappa shape index (κ3) is 6.60. The van der Waals surface area contributed by atoms with Crippen molar-refractivity contribution in [3.63, 3.8) is 0 Å². The lowest BCUT2D eigenvalue weighted by Crippen LogP contribution is -2.14. The molecule has 1 aromatic rings. The van der Waals surface area contributed by atoms with E-state index >= 15 is 0 Å². The molecule has 1 rings (SSSR count). The first-order valence-corrected chi connectivity index (χ1v) is 6.52. The summed E-state index contributed by atoms with van der Waals surface area (Å²) in [4.78, 5) is 22.1. The van der Waals surface area contributed by atoms with Crippen molar-refractivity contribution in [2.24, 2.45) is 5.92 Å². The molecule has 0 aliphatic rings. The van der Waals surface area contributed by atoms with Gasteiger partial charge in [0.1, 0.15) is 6.61 Å². The highest BCUT2D eigenvalue weighted by atomic mass is 16.5. The molecule has 1 N–H and O–H groups in total. The Morgan fingerprint density at radius 1 is 1.21 bits per heavy atom. The zero-order chi connectivity index (χ0) is 14.1. The SMILES string of the molecule is CC(CCCCC(=O)O)C(=O)OCc1ccccc1. The molecule has 4 nitrogen and oxygen atoms in total. The van der Waals surface area contributed by atoms with E-state index in [1.54, 1.807) is 0 Å². The normalized spacial score (nSPS) is 11.8. The highest BCUT2D eigenvalue weighted by Crippen LogP contribution is 2.12. The Morgan fingerprint density at radius 2 is 1.89 bits per heavy atom.